The summed E-state index contributed by atoms with van der Waals surface area (Å²) < 4.78 is 0. The van der Waals surface area contributed by atoms with Gasteiger partial charge in [-0.2, -0.15) is 0 Å². The zero-order valence-corrected chi connectivity index (χ0v) is 8.44. The van der Waals surface area contributed by atoms with Crippen LogP contribution in [0.25, 0.3) is 0 Å². The second-order valence-corrected chi connectivity index (χ2v) is 3.02. The second kappa shape index (κ2) is 6.78. The summed E-state index contributed by atoms with van der Waals surface area (Å²) in [6.45, 7) is 0.789. The highest BCUT2D eigenvalue weighted by molar-refractivity contribution is 5.73. The Kier molecular flexibility index (Phi) is 5.18. The third-order valence-corrected chi connectivity index (χ3v) is 1.82. The summed E-state index contributed by atoms with van der Waals surface area (Å²) in [6, 6.07) is 3.56. The Balaban J connectivity index is 2.14. The number of urea groups is 1. The van der Waals surface area contributed by atoms with Crippen LogP contribution in [0.3, 0.4) is 0 Å². The predicted molar refractivity (Wildman–Crippen MR) is 56.4 cm³/mol. The standard InChI is InChI=1S/C10H15N3O2/c14-7-6-13-10(15)12-5-3-9-2-1-4-11-8-9/h1-2,4,8,14H,3,5-7H2,(H2,12,13,15). The fourth-order valence-corrected chi connectivity index (χ4v) is 1.10. The fraction of sp³-hybridized carbons (Fsp3) is 0.400. The molecule has 0 saturated carbocycles. The molecule has 0 aliphatic heterocycles. The van der Waals surface area contributed by atoms with Crippen molar-refractivity contribution in [3.63, 3.8) is 0 Å². The molecule has 1 heterocycles. The van der Waals surface area contributed by atoms with Gasteiger partial charge in [-0.25, -0.2) is 4.79 Å². The van der Waals surface area contributed by atoms with Crippen LogP contribution >= 0.6 is 0 Å². The van der Waals surface area contributed by atoms with Gasteiger partial charge in [-0.1, -0.05) is 6.07 Å². The van der Waals surface area contributed by atoms with Crippen molar-refractivity contribution < 1.29 is 9.90 Å². The van der Waals surface area contributed by atoms with Crippen molar-refractivity contribution in [3.05, 3.63) is 30.1 Å². The molecule has 0 saturated heterocycles. The maximum Gasteiger partial charge on any atom is 0.314 e. The Morgan fingerprint density at radius 3 is 2.87 bits per heavy atom. The number of aliphatic hydroxyl groups is 1. The van der Waals surface area contributed by atoms with Crippen LogP contribution in [0.4, 0.5) is 4.79 Å². The lowest BCUT2D eigenvalue weighted by Gasteiger charge is -2.05. The van der Waals surface area contributed by atoms with E-state index in [1.807, 2.05) is 12.1 Å². The van der Waals surface area contributed by atoms with Crippen molar-refractivity contribution in [2.75, 3.05) is 19.7 Å². The average Bonchev–Trinajstić information content (AvgIpc) is 2.28. The molecule has 0 spiro atoms. The number of hydrogen-bond acceptors (Lipinski definition) is 3. The number of carbonyl (C=O) groups is 1. The van der Waals surface area contributed by atoms with Gasteiger partial charge >= 0.3 is 6.03 Å². The summed E-state index contributed by atoms with van der Waals surface area (Å²) in [5.74, 6) is 0. The Labute approximate surface area is 88.5 Å². The van der Waals surface area contributed by atoms with Gasteiger partial charge in [-0.3, -0.25) is 4.98 Å². The molecule has 3 N–H and O–H groups in total. The molecule has 82 valence electrons. The molecule has 1 aromatic heterocycles. The van der Waals surface area contributed by atoms with E-state index in [9.17, 15) is 4.79 Å². The summed E-state index contributed by atoms with van der Waals surface area (Å²) in [5, 5.41) is 13.6. The number of carbonyl (C=O) groups excluding carboxylic acids is 1. The van der Waals surface area contributed by atoms with Crippen LogP contribution in [0.1, 0.15) is 5.56 Å². The molecule has 0 unspecified atom stereocenters. The Hall–Kier alpha value is -1.62. The lowest BCUT2D eigenvalue weighted by atomic mass is 10.2. The molecule has 2 amide bonds. The second-order valence-electron chi connectivity index (χ2n) is 3.02. The minimum absolute atomic E-state index is 0.0456. The molecular weight excluding hydrogens is 194 g/mol. The summed E-state index contributed by atoms with van der Waals surface area (Å²) in [6.07, 6.45) is 4.23. The first-order chi connectivity index (χ1) is 7.33. The topological polar surface area (TPSA) is 74.2 Å². The first kappa shape index (κ1) is 11.5. The van der Waals surface area contributed by atoms with E-state index < -0.39 is 0 Å². The van der Waals surface area contributed by atoms with Gasteiger partial charge in [0.05, 0.1) is 6.61 Å². The Bertz CT molecular complexity index is 290. The van der Waals surface area contributed by atoms with Crippen LogP contribution in [-0.2, 0) is 6.42 Å². The zero-order chi connectivity index (χ0) is 10.9. The van der Waals surface area contributed by atoms with Crippen LogP contribution in [-0.4, -0.2) is 35.8 Å². The minimum Gasteiger partial charge on any atom is -0.395 e. The summed E-state index contributed by atoms with van der Waals surface area (Å²) in [4.78, 5) is 15.0. The van der Waals surface area contributed by atoms with E-state index in [-0.39, 0.29) is 19.2 Å². The SMILES string of the molecule is O=C(NCCO)NCCc1cccnc1. The fourth-order valence-electron chi connectivity index (χ4n) is 1.10. The van der Waals surface area contributed by atoms with Gasteiger partial charge in [0.2, 0.25) is 0 Å². The van der Waals surface area contributed by atoms with Gasteiger partial charge in [-0.05, 0) is 18.1 Å². The molecule has 0 aliphatic rings. The first-order valence-corrected chi connectivity index (χ1v) is 4.84. The summed E-state index contributed by atoms with van der Waals surface area (Å²) in [7, 11) is 0. The molecule has 15 heavy (non-hydrogen) atoms. The molecule has 0 bridgehead atoms. The lowest BCUT2D eigenvalue weighted by molar-refractivity contribution is 0.234. The van der Waals surface area contributed by atoms with Gasteiger partial charge in [0.15, 0.2) is 0 Å². The molecule has 5 heteroatoms. The van der Waals surface area contributed by atoms with Crippen molar-refractivity contribution in [1.82, 2.24) is 15.6 Å². The highest BCUT2D eigenvalue weighted by Crippen LogP contribution is 1.94. The van der Waals surface area contributed by atoms with Crippen molar-refractivity contribution in [1.29, 1.82) is 0 Å². The normalized spacial score (nSPS) is 9.67. The van der Waals surface area contributed by atoms with Gasteiger partial charge in [0.1, 0.15) is 0 Å². The van der Waals surface area contributed by atoms with Crippen molar-refractivity contribution >= 4 is 6.03 Å². The zero-order valence-electron chi connectivity index (χ0n) is 8.44. The van der Waals surface area contributed by atoms with Crippen molar-refractivity contribution in [3.8, 4) is 0 Å². The average molecular weight is 209 g/mol. The molecular formula is C10H15N3O2. The Morgan fingerprint density at radius 1 is 1.40 bits per heavy atom. The third kappa shape index (κ3) is 4.97. The number of nitrogens with zero attached hydrogens (tertiary/aromatic N) is 1. The molecule has 0 aromatic carbocycles. The van der Waals surface area contributed by atoms with Crippen LogP contribution in [0.2, 0.25) is 0 Å². The highest BCUT2D eigenvalue weighted by atomic mass is 16.3. The molecule has 0 aliphatic carbocycles. The smallest absolute Gasteiger partial charge is 0.314 e. The quantitative estimate of drug-likeness (QED) is 0.634. The number of amides is 2. The van der Waals surface area contributed by atoms with E-state index in [1.165, 1.54) is 0 Å². The Morgan fingerprint density at radius 2 is 2.20 bits per heavy atom. The number of nitrogens with one attached hydrogen (secondary N) is 2. The monoisotopic (exact) mass is 209 g/mol. The van der Waals surface area contributed by atoms with Crippen LogP contribution in [0.5, 0.6) is 0 Å². The van der Waals surface area contributed by atoms with Crippen LogP contribution < -0.4 is 10.6 Å². The third-order valence-electron chi connectivity index (χ3n) is 1.82. The number of aliphatic hydroxyl groups excluding tert-OH is 1. The number of pyridine rings is 1. The maximum atomic E-state index is 11.0. The number of rotatable bonds is 5. The molecule has 0 fully saturated rings. The van der Waals surface area contributed by atoms with Crippen molar-refractivity contribution in [2.24, 2.45) is 0 Å². The van der Waals surface area contributed by atoms with Crippen LogP contribution in [0, 0.1) is 0 Å². The lowest BCUT2D eigenvalue weighted by Crippen LogP contribution is -2.37. The van der Waals surface area contributed by atoms with E-state index >= 15 is 0 Å². The molecule has 5 nitrogen and oxygen atoms in total. The minimum atomic E-state index is -0.257. The molecule has 1 rings (SSSR count). The van der Waals surface area contributed by atoms with Crippen LogP contribution in [0.15, 0.2) is 24.5 Å². The van der Waals surface area contributed by atoms with Gasteiger partial charge in [0.25, 0.3) is 0 Å². The number of hydrogen-bond donors (Lipinski definition) is 3. The molecule has 0 radical (unpaired) electrons. The van der Waals surface area contributed by atoms with Gasteiger partial charge in [0, 0.05) is 25.5 Å². The highest BCUT2D eigenvalue weighted by Gasteiger charge is 1.97. The van der Waals surface area contributed by atoms with Crippen molar-refractivity contribution in [2.45, 2.75) is 6.42 Å². The summed E-state index contributed by atoms with van der Waals surface area (Å²) >= 11 is 0. The predicted octanol–water partition coefficient (Wildman–Crippen LogP) is -0.0844. The number of aromatic nitrogens is 1. The van der Waals surface area contributed by atoms with E-state index in [2.05, 4.69) is 15.6 Å². The van der Waals surface area contributed by atoms with E-state index in [0.29, 0.717) is 6.54 Å². The maximum absolute atomic E-state index is 11.0. The van der Waals surface area contributed by atoms with E-state index in [4.69, 9.17) is 5.11 Å². The summed E-state index contributed by atoms with van der Waals surface area (Å²) in [5.41, 5.74) is 1.08. The largest absolute Gasteiger partial charge is 0.395 e. The van der Waals surface area contributed by atoms with Gasteiger partial charge in [-0.15, -0.1) is 0 Å². The van der Waals surface area contributed by atoms with E-state index in [0.717, 1.165) is 12.0 Å². The van der Waals surface area contributed by atoms with Gasteiger partial charge < -0.3 is 15.7 Å². The molecule has 0 atom stereocenters. The first-order valence-electron chi connectivity index (χ1n) is 4.84. The van der Waals surface area contributed by atoms with E-state index in [1.54, 1.807) is 12.4 Å². The molecule has 1 aromatic rings.